The highest BCUT2D eigenvalue weighted by atomic mass is 16.4. The molecular weight excluding hydrogens is 196 g/mol. The molecule has 5 heteroatoms. The molecule has 2 rings (SSSR count). The largest absolute Gasteiger partial charge is 0.465 e. The van der Waals surface area contributed by atoms with Crippen molar-refractivity contribution >= 4 is 12.0 Å². The Kier molecular flexibility index (Phi) is 2.13. The fourth-order valence-electron chi connectivity index (χ4n) is 3.22. The number of nitrogens with one attached hydrogen (secondary N) is 1. The van der Waals surface area contributed by atoms with Gasteiger partial charge in [0.25, 0.3) is 0 Å². The first-order valence-electron chi connectivity index (χ1n) is 5.29. The maximum absolute atomic E-state index is 11.4. The minimum Gasteiger partial charge on any atom is -0.465 e. The van der Waals surface area contributed by atoms with Gasteiger partial charge >= 0.3 is 6.09 Å². The Balaban J connectivity index is 2.19. The van der Waals surface area contributed by atoms with Crippen LogP contribution in [0.1, 0.15) is 38.5 Å². The number of rotatable bonds is 2. The zero-order valence-electron chi connectivity index (χ0n) is 8.58. The molecule has 5 nitrogen and oxygen atoms in total. The number of nitrogens with two attached hydrogens (primary N) is 1. The standard InChI is InChI=1S/C10H16N2O3/c11-7(13)9-2-1-3-10(6-9,5-4-9)12-8(14)15/h12H,1-6H2,(H2,11,13)(H,14,15). The van der Waals surface area contributed by atoms with E-state index in [0.29, 0.717) is 6.42 Å². The lowest BCUT2D eigenvalue weighted by Crippen LogP contribution is -2.50. The number of fused-ring (bicyclic) bond motifs is 2. The van der Waals surface area contributed by atoms with Crippen molar-refractivity contribution in [1.29, 1.82) is 0 Å². The highest BCUT2D eigenvalue weighted by Gasteiger charge is 2.54. The SMILES string of the molecule is NC(=O)C12CCCC(NC(=O)O)(CC1)C2. The molecule has 0 radical (unpaired) electrons. The molecule has 2 bridgehead atoms. The summed E-state index contributed by atoms with van der Waals surface area (Å²) in [6, 6.07) is 0. The third-order valence-electron chi connectivity index (χ3n) is 3.96. The third-order valence-corrected chi connectivity index (χ3v) is 3.96. The predicted octanol–water partition coefficient (Wildman–Crippen LogP) is 0.832. The van der Waals surface area contributed by atoms with Crippen LogP contribution in [0.5, 0.6) is 0 Å². The highest BCUT2D eigenvalue weighted by Crippen LogP contribution is 2.53. The number of hydrogen-bond donors (Lipinski definition) is 3. The van der Waals surface area contributed by atoms with Crippen LogP contribution in [0.4, 0.5) is 4.79 Å². The fraction of sp³-hybridized carbons (Fsp3) is 0.800. The molecule has 2 aliphatic carbocycles. The van der Waals surface area contributed by atoms with Gasteiger partial charge in [0.15, 0.2) is 0 Å². The summed E-state index contributed by atoms with van der Waals surface area (Å²) in [4.78, 5) is 22.1. The average Bonchev–Trinajstić information content (AvgIpc) is 2.38. The number of amides is 2. The quantitative estimate of drug-likeness (QED) is 0.633. The molecule has 0 aromatic rings. The van der Waals surface area contributed by atoms with Gasteiger partial charge in [-0.15, -0.1) is 0 Å². The number of carbonyl (C=O) groups is 2. The number of primary amides is 1. The minimum atomic E-state index is -1.00. The lowest BCUT2D eigenvalue weighted by atomic mass is 9.72. The van der Waals surface area contributed by atoms with E-state index in [9.17, 15) is 9.59 Å². The highest BCUT2D eigenvalue weighted by molar-refractivity contribution is 5.82. The van der Waals surface area contributed by atoms with Gasteiger partial charge in [0.2, 0.25) is 5.91 Å². The Bertz CT molecular complexity index is 318. The molecule has 0 aromatic heterocycles. The molecular formula is C10H16N2O3. The molecule has 2 saturated carbocycles. The third kappa shape index (κ3) is 1.56. The van der Waals surface area contributed by atoms with Crippen LogP contribution in [0, 0.1) is 5.41 Å². The molecule has 4 N–H and O–H groups in total. The molecule has 84 valence electrons. The summed E-state index contributed by atoms with van der Waals surface area (Å²) >= 11 is 0. The van der Waals surface area contributed by atoms with E-state index in [1.54, 1.807) is 0 Å². The van der Waals surface area contributed by atoms with Crippen LogP contribution in [0.2, 0.25) is 0 Å². The lowest BCUT2D eigenvalue weighted by Gasteiger charge is -2.37. The van der Waals surface area contributed by atoms with Crippen LogP contribution in [-0.2, 0) is 4.79 Å². The van der Waals surface area contributed by atoms with E-state index in [-0.39, 0.29) is 11.4 Å². The molecule has 2 aliphatic rings. The van der Waals surface area contributed by atoms with E-state index in [2.05, 4.69) is 5.32 Å². The monoisotopic (exact) mass is 212 g/mol. The van der Waals surface area contributed by atoms with Crippen molar-refractivity contribution in [2.24, 2.45) is 11.1 Å². The smallest absolute Gasteiger partial charge is 0.405 e. The van der Waals surface area contributed by atoms with E-state index in [1.807, 2.05) is 0 Å². The fourth-order valence-corrected chi connectivity index (χ4v) is 3.22. The second-order valence-electron chi connectivity index (χ2n) is 4.89. The summed E-state index contributed by atoms with van der Waals surface area (Å²) in [5, 5.41) is 11.4. The normalized spacial score (nSPS) is 38.7. The van der Waals surface area contributed by atoms with Crippen LogP contribution in [-0.4, -0.2) is 22.6 Å². The first-order valence-corrected chi connectivity index (χ1v) is 5.29. The maximum atomic E-state index is 11.4. The summed E-state index contributed by atoms with van der Waals surface area (Å²) in [5.74, 6) is -0.267. The molecule has 0 heterocycles. The summed E-state index contributed by atoms with van der Waals surface area (Å²) < 4.78 is 0. The van der Waals surface area contributed by atoms with Crippen molar-refractivity contribution in [2.75, 3.05) is 0 Å². The summed E-state index contributed by atoms with van der Waals surface area (Å²) in [6.45, 7) is 0. The van der Waals surface area contributed by atoms with Crippen molar-refractivity contribution in [2.45, 2.75) is 44.1 Å². The van der Waals surface area contributed by atoms with Crippen molar-refractivity contribution < 1.29 is 14.7 Å². The Labute approximate surface area is 88.0 Å². The molecule has 15 heavy (non-hydrogen) atoms. The minimum absolute atomic E-state index is 0.267. The molecule has 0 saturated heterocycles. The van der Waals surface area contributed by atoms with Crippen LogP contribution >= 0.6 is 0 Å². The van der Waals surface area contributed by atoms with Gasteiger partial charge in [0.05, 0.1) is 5.41 Å². The van der Waals surface area contributed by atoms with E-state index < -0.39 is 11.5 Å². The molecule has 0 aromatic carbocycles. The van der Waals surface area contributed by atoms with Gasteiger partial charge in [0, 0.05) is 5.54 Å². The average molecular weight is 212 g/mol. The predicted molar refractivity (Wildman–Crippen MR) is 53.2 cm³/mol. The summed E-state index contributed by atoms with van der Waals surface area (Å²) in [5.41, 5.74) is 4.58. The van der Waals surface area contributed by atoms with Gasteiger partial charge in [-0.25, -0.2) is 4.79 Å². The van der Waals surface area contributed by atoms with Crippen molar-refractivity contribution in [1.82, 2.24) is 5.32 Å². The lowest BCUT2D eigenvalue weighted by molar-refractivity contribution is -0.128. The van der Waals surface area contributed by atoms with E-state index in [0.717, 1.165) is 32.1 Å². The summed E-state index contributed by atoms with van der Waals surface area (Å²) in [7, 11) is 0. The number of hydrogen-bond acceptors (Lipinski definition) is 2. The number of carbonyl (C=O) groups excluding carboxylic acids is 1. The van der Waals surface area contributed by atoms with Gasteiger partial charge in [-0.3, -0.25) is 4.79 Å². The molecule has 2 atom stereocenters. The van der Waals surface area contributed by atoms with Gasteiger partial charge < -0.3 is 16.2 Å². The van der Waals surface area contributed by atoms with Crippen molar-refractivity contribution in [3.63, 3.8) is 0 Å². The molecule has 2 unspecified atom stereocenters. The molecule has 0 aliphatic heterocycles. The second-order valence-corrected chi connectivity index (χ2v) is 4.89. The Hall–Kier alpha value is -1.26. The molecule has 2 amide bonds. The van der Waals surface area contributed by atoms with Crippen molar-refractivity contribution in [3.8, 4) is 0 Å². The Morgan fingerprint density at radius 1 is 1.20 bits per heavy atom. The van der Waals surface area contributed by atoms with Gasteiger partial charge in [0.1, 0.15) is 0 Å². The van der Waals surface area contributed by atoms with Gasteiger partial charge in [-0.05, 0) is 32.1 Å². The van der Waals surface area contributed by atoms with Crippen LogP contribution in [0.15, 0.2) is 0 Å². The Morgan fingerprint density at radius 3 is 2.53 bits per heavy atom. The van der Waals surface area contributed by atoms with E-state index in [4.69, 9.17) is 10.8 Å². The topological polar surface area (TPSA) is 92.4 Å². The first kappa shape index (κ1) is 10.3. The second kappa shape index (κ2) is 3.12. The Morgan fingerprint density at radius 2 is 1.93 bits per heavy atom. The maximum Gasteiger partial charge on any atom is 0.405 e. The van der Waals surface area contributed by atoms with Crippen LogP contribution in [0.3, 0.4) is 0 Å². The van der Waals surface area contributed by atoms with E-state index >= 15 is 0 Å². The zero-order valence-corrected chi connectivity index (χ0v) is 8.58. The van der Waals surface area contributed by atoms with Crippen molar-refractivity contribution in [3.05, 3.63) is 0 Å². The van der Waals surface area contributed by atoms with Crippen LogP contribution in [0.25, 0.3) is 0 Å². The van der Waals surface area contributed by atoms with Crippen LogP contribution < -0.4 is 11.1 Å². The molecule has 0 spiro atoms. The first-order chi connectivity index (χ1) is 6.98. The summed E-state index contributed by atoms with van der Waals surface area (Å²) in [6.07, 6.45) is 3.56. The van der Waals surface area contributed by atoms with Gasteiger partial charge in [-0.1, -0.05) is 6.42 Å². The number of carboxylic acid groups (broad SMARTS) is 1. The molecule has 2 fully saturated rings. The van der Waals surface area contributed by atoms with E-state index in [1.165, 1.54) is 0 Å². The van der Waals surface area contributed by atoms with Gasteiger partial charge in [-0.2, -0.15) is 0 Å². The zero-order chi connectivity index (χ0) is 11.1.